The van der Waals surface area contributed by atoms with E-state index in [1.807, 2.05) is 25.1 Å². The molecule has 0 radical (unpaired) electrons. The predicted octanol–water partition coefficient (Wildman–Crippen LogP) is 4.14. The average molecular weight is 333 g/mol. The molecule has 0 bridgehead atoms. The Morgan fingerprint density at radius 1 is 1.44 bits per heavy atom. The van der Waals surface area contributed by atoms with E-state index in [4.69, 9.17) is 11.6 Å². The number of halogens is 2. The number of benzene rings is 1. The van der Waals surface area contributed by atoms with Gasteiger partial charge in [-0.25, -0.2) is 0 Å². The molecule has 0 saturated carbocycles. The highest BCUT2D eigenvalue weighted by atomic mass is 79.9. The highest BCUT2D eigenvalue weighted by molar-refractivity contribution is 9.10. The Balaban J connectivity index is 2.77. The zero-order valence-corrected chi connectivity index (χ0v) is 13.3. The van der Waals surface area contributed by atoms with Crippen LogP contribution in [0.3, 0.4) is 0 Å². The van der Waals surface area contributed by atoms with Gasteiger partial charge in [-0.1, -0.05) is 25.5 Å². The Labute approximate surface area is 122 Å². The minimum atomic E-state index is -0.0723. The molecule has 1 atom stereocenters. The van der Waals surface area contributed by atoms with Crippen LogP contribution in [0.15, 0.2) is 22.7 Å². The second-order valence-electron chi connectivity index (χ2n) is 4.94. The molecule has 0 aromatic heterocycles. The van der Waals surface area contributed by atoms with Crippen LogP contribution >= 0.6 is 27.5 Å². The van der Waals surface area contributed by atoms with Gasteiger partial charge in [-0.15, -0.1) is 11.6 Å². The van der Waals surface area contributed by atoms with Crippen LogP contribution in [-0.2, 0) is 0 Å². The third-order valence-electron chi connectivity index (χ3n) is 2.64. The fraction of sp³-hybridized carbons (Fsp3) is 0.500. The first-order valence-corrected chi connectivity index (χ1v) is 7.39. The zero-order chi connectivity index (χ0) is 13.7. The molecule has 1 N–H and O–H groups in total. The fourth-order valence-electron chi connectivity index (χ4n) is 1.81. The van der Waals surface area contributed by atoms with Crippen LogP contribution in [-0.4, -0.2) is 17.8 Å². The maximum atomic E-state index is 12.2. The van der Waals surface area contributed by atoms with Crippen molar-refractivity contribution in [3.05, 3.63) is 33.8 Å². The Bertz CT molecular complexity index is 420. The van der Waals surface area contributed by atoms with Crippen molar-refractivity contribution in [1.82, 2.24) is 5.32 Å². The van der Waals surface area contributed by atoms with Gasteiger partial charge in [-0.3, -0.25) is 4.79 Å². The van der Waals surface area contributed by atoms with Gasteiger partial charge >= 0.3 is 0 Å². The van der Waals surface area contributed by atoms with Crippen LogP contribution in [0.5, 0.6) is 0 Å². The lowest BCUT2D eigenvalue weighted by Crippen LogP contribution is -2.37. The van der Waals surface area contributed by atoms with Crippen molar-refractivity contribution in [1.29, 1.82) is 0 Å². The molecule has 0 aliphatic heterocycles. The van der Waals surface area contributed by atoms with Crippen LogP contribution in [0.2, 0.25) is 0 Å². The second kappa shape index (κ2) is 7.15. The smallest absolute Gasteiger partial charge is 0.252 e. The average Bonchev–Trinajstić information content (AvgIpc) is 2.30. The van der Waals surface area contributed by atoms with Crippen molar-refractivity contribution in [2.45, 2.75) is 33.2 Å². The van der Waals surface area contributed by atoms with Crippen LogP contribution < -0.4 is 5.32 Å². The number of rotatable bonds is 5. The maximum absolute atomic E-state index is 12.2. The lowest BCUT2D eigenvalue weighted by Gasteiger charge is -2.18. The zero-order valence-electron chi connectivity index (χ0n) is 11.0. The van der Waals surface area contributed by atoms with Crippen molar-refractivity contribution in [3.8, 4) is 0 Å². The Kier molecular flexibility index (Phi) is 6.16. The van der Waals surface area contributed by atoms with E-state index in [1.165, 1.54) is 0 Å². The summed E-state index contributed by atoms with van der Waals surface area (Å²) < 4.78 is 0.809. The summed E-state index contributed by atoms with van der Waals surface area (Å²) >= 11 is 9.29. The van der Waals surface area contributed by atoms with E-state index in [-0.39, 0.29) is 11.9 Å². The van der Waals surface area contributed by atoms with Crippen LogP contribution in [0.1, 0.15) is 36.2 Å². The molecule has 100 valence electrons. The highest BCUT2D eigenvalue weighted by Gasteiger charge is 2.16. The van der Waals surface area contributed by atoms with Gasteiger partial charge < -0.3 is 5.32 Å². The summed E-state index contributed by atoms with van der Waals surface area (Å²) in [5, 5.41) is 2.98. The number of amides is 1. The number of hydrogen-bond acceptors (Lipinski definition) is 1. The molecule has 1 amide bonds. The lowest BCUT2D eigenvalue weighted by molar-refractivity contribution is 0.0936. The van der Waals surface area contributed by atoms with Gasteiger partial charge in [-0.05, 0) is 47.3 Å². The van der Waals surface area contributed by atoms with Gasteiger partial charge in [-0.2, -0.15) is 0 Å². The quantitative estimate of drug-likeness (QED) is 0.807. The molecule has 18 heavy (non-hydrogen) atoms. The maximum Gasteiger partial charge on any atom is 0.252 e. The summed E-state index contributed by atoms with van der Waals surface area (Å²) in [5.74, 6) is 0.875. The van der Waals surface area contributed by atoms with Crippen molar-refractivity contribution in [2.75, 3.05) is 5.88 Å². The minimum Gasteiger partial charge on any atom is -0.348 e. The first-order valence-electron chi connectivity index (χ1n) is 6.07. The van der Waals surface area contributed by atoms with Crippen molar-refractivity contribution in [2.24, 2.45) is 5.92 Å². The Morgan fingerprint density at radius 2 is 2.11 bits per heavy atom. The third kappa shape index (κ3) is 4.62. The van der Waals surface area contributed by atoms with Crippen molar-refractivity contribution < 1.29 is 4.79 Å². The summed E-state index contributed by atoms with van der Waals surface area (Å²) in [5.41, 5.74) is 1.73. The summed E-state index contributed by atoms with van der Waals surface area (Å²) in [4.78, 5) is 12.2. The molecule has 1 unspecified atom stereocenters. The SMILES string of the molecule is Cc1ccc(Br)c(C(=O)NC(CCl)CC(C)C)c1. The van der Waals surface area contributed by atoms with Crippen molar-refractivity contribution in [3.63, 3.8) is 0 Å². The summed E-state index contributed by atoms with van der Waals surface area (Å²) in [6, 6.07) is 5.75. The summed E-state index contributed by atoms with van der Waals surface area (Å²) in [7, 11) is 0. The predicted molar refractivity (Wildman–Crippen MR) is 80.3 cm³/mol. The topological polar surface area (TPSA) is 29.1 Å². The first-order chi connectivity index (χ1) is 8.43. The van der Waals surface area contributed by atoms with Gasteiger partial charge in [0.25, 0.3) is 5.91 Å². The Morgan fingerprint density at radius 3 is 2.67 bits per heavy atom. The number of carbonyl (C=O) groups excluding carboxylic acids is 1. The second-order valence-corrected chi connectivity index (χ2v) is 6.10. The van der Waals surface area contributed by atoms with Crippen LogP contribution in [0.25, 0.3) is 0 Å². The highest BCUT2D eigenvalue weighted by Crippen LogP contribution is 2.18. The largest absolute Gasteiger partial charge is 0.348 e. The summed E-state index contributed by atoms with van der Waals surface area (Å²) in [6.45, 7) is 6.21. The van der Waals surface area contributed by atoms with E-state index in [0.29, 0.717) is 17.4 Å². The molecule has 2 nitrogen and oxygen atoms in total. The van der Waals surface area contributed by atoms with Gasteiger partial charge in [0.05, 0.1) is 5.56 Å². The van der Waals surface area contributed by atoms with Crippen LogP contribution in [0, 0.1) is 12.8 Å². The molecule has 1 aromatic carbocycles. The third-order valence-corrected chi connectivity index (χ3v) is 3.71. The molecule has 0 aliphatic rings. The standard InChI is InChI=1S/C14H19BrClNO/c1-9(2)6-11(8-16)17-14(18)12-7-10(3)4-5-13(12)15/h4-5,7,9,11H,6,8H2,1-3H3,(H,17,18). The molecule has 0 fully saturated rings. The van der Waals surface area contributed by atoms with E-state index >= 15 is 0 Å². The molecule has 0 spiro atoms. The normalized spacial score (nSPS) is 12.6. The number of carbonyl (C=O) groups is 1. The Hall–Kier alpha value is -0.540. The molecule has 4 heteroatoms. The molecule has 0 heterocycles. The van der Waals surface area contributed by atoms with Gasteiger partial charge in [0.15, 0.2) is 0 Å². The lowest BCUT2D eigenvalue weighted by atomic mass is 10.0. The minimum absolute atomic E-state index is 0.0200. The van der Waals surface area contributed by atoms with E-state index in [9.17, 15) is 4.79 Å². The van der Waals surface area contributed by atoms with E-state index < -0.39 is 0 Å². The molecule has 0 saturated heterocycles. The molecule has 0 aliphatic carbocycles. The van der Waals surface area contributed by atoms with Crippen molar-refractivity contribution >= 4 is 33.4 Å². The van der Waals surface area contributed by atoms with Crippen LogP contribution in [0.4, 0.5) is 0 Å². The number of nitrogens with one attached hydrogen (secondary N) is 1. The molecule has 1 aromatic rings. The molecular weight excluding hydrogens is 314 g/mol. The van der Waals surface area contributed by atoms with E-state index in [2.05, 4.69) is 35.1 Å². The van der Waals surface area contributed by atoms with E-state index in [1.54, 1.807) is 0 Å². The fourth-order valence-corrected chi connectivity index (χ4v) is 2.44. The number of aryl methyl sites for hydroxylation is 1. The first kappa shape index (κ1) is 15.5. The number of hydrogen-bond donors (Lipinski definition) is 1. The molecular formula is C14H19BrClNO. The van der Waals surface area contributed by atoms with Gasteiger partial charge in [0, 0.05) is 16.4 Å². The monoisotopic (exact) mass is 331 g/mol. The van der Waals surface area contributed by atoms with Gasteiger partial charge in [0.1, 0.15) is 0 Å². The van der Waals surface area contributed by atoms with Gasteiger partial charge in [0.2, 0.25) is 0 Å². The number of alkyl halides is 1. The van der Waals surface area contributed by atoms with E-state index in [0.717, 1.165) is 16.5 Å². The molecule has 1 rings (SSSR count). The summed E-state index contributed by atoms with van der Waals surface area (Å²) in [6.07, 6.45) is 0.888.